The minimum absolute atomic E-state index is 0.0167. The Balaban J connectivity index is 1.76. The summed E-state index contributed by atoms with van der Waals surface area (Å²) >= 11 is 0. The lowest BCUT2D eigenvalue weighted by atomic mass is 10.00. The third kappa shape index (κ3) is 4.68. The number of nitrogens with one attached hydrogen (secondary N) is 2. The molecule has 1 saturated heterocycles. The fourth-order valence-electron chi connectivity index (χ4n) is 4.10. The lowest BCUT2D eigenvalue weighted by Gasteiger charge is -2.37. The fourth-order valence-corrected chi connectivity index (χ4v) is 5.20. The summed E-state index contributed by atoms with van der Waals surface area (Å²) in [6.07, 6.45) is 0.586. The molecule has 9 heteroatoms. The van der Waals surface area contributed by atoms with Crippen LogP contribution in [0.5, 0.6) is 5.75 Å². The van der Waals surface area contributed by atoms with E-state index in [1.807, 2.05) is 13.8 Å². The van der Waals surface area contributed by atoms with Crippen LogP contribution in [0, 0.1) is 5.92 Å². The number of fused-ring (bicyclic) bond motifs is 1. The maximum Gasteiger partial charge on any atom is 0.341 e. The summed E-state index contributed by atoms with van der Waals surface area (Å²) in [7, 11) is -2.05. The molecular weight excluding hydrogens is 428 g/mol. The van der Waals surface area contributed by atoms with E-state index in [4.69, 9.17) is 4.18 Å². The minimum atomic E-state index is -4.12. The van der Waals surface area contributed by atoms with Crippen LogP contribution in [0.15, 0.2) is 47.4 Å². The van der Waals surface area contributed by atoms with Crippen LogP contribution in [-0.4, -0.2) is 58.5 Å². The van der Waals surface area contributed by atoms with Crippen LogP contribution in [0.25, 0.3) is 0 Å². The predicted molar refractivity (Wildman–Crippen MR) is 126 cm³/mol. The van der Waals surface area contributed by atoms with Crippen LogP contribution in [0.1, 0.15) is 20.3 Å². The summed E-state index contributed by atoms with van der Waals surface area (Å²) in [5.41, 5.74) is 1.70. The van der Waals surface area contributed by atoms with Crippen molar-refractivity contribution in [1.29, 1.82) is 0 Å². The summed E-state index contributed by atoms with van der Waals surface area (Å²) in [5.74, 6) is 0.351. The standard InChI is InChI=1S/C23H30N4O4S/c1-16(2)15-18-23(28)25-21-19(27-13-11-26(3)12-14-27)9-10-20(22(21)24-18)32(29,30)31-17-7-5-4-6-8-17/h4-10,16,18,24H,11-15H2,1-3H3,(H,25,28). The van der Waals surface area contributed by atoms with E-state index in [2.05, 4.69) is 27.5 Å². The van der Waals surface area contributed by atoms with Crippen LogP contribution in [-0.2, 0) is 14.9 Å². The second kappa shape index (κ2) is 8.99. The smallest absolute Gasteiger partial charge is 0.341 e. The molecule has 0 radical (unpaired) electrons. The monoisotopic (exact) mass is 458 g/mol. The SMILES string of the molecule is CC(C)CC1Nc2c(S(=O)(=O)Oc3ccccc3)ccc(N3CCN(C)CC3)c2NC1=O. The third-order valence-corrected chi connectivity index (χ3v) is 7.09. The largest absolute Gasteiger partial charge is 0.379 e. The Morgan fingerprint density at radius 3 is 2.38 bits per heavy atom. The van der Waals surface area contributed by atoms with E-state index < -0.39 is 16.2 Å². The molecule has 0 spiro atoms. The number of hydrogen-bond donors (Lipinski definition) is 2. The third-order valence-electron chi connectivity index (χ3n) is 5.80. The summed E-state index contributed by atoms with van der Waals surface area (Å²) in [5, 5.41) is 6.21. The molecule has 2 heterocycles. The van der Waals surface area contributed by atoms with Crippen molar-refractivity contribution in [3.63, 3.8) is 0 Å². The van der Waals surface area contributed by atoms with Crippen LogP contribution in [0.3, 0.4) is 0 Å². The number of hydrogen-bond acceptors (Lipinski definition) is 7. The first-order chi connectivity index (χ1) is 15.2. The molecule has 32 heavy (non-hydrogen) atoms. The number of nitrogens with zero attached hydrogens (tertiary/aromatic N) is 2. The molecule has 2 aliphatic heterocycles. The molecular formula is C23H30N4O4S. The zero-order valence-electron chi connectivity index (χ0n) is 18.7. The topological polar surface area (TPSA) is 91.0 Å². The molecule has 172 valence electrons. The van der Waals surface area contributed by atoms with Crippen LogP contribution >= 0.6 is 0 Å². The first-order valence-corrected chi connectivity index (χ1v) is 12.3. The number of para-hydroxylation sites is 1. The first-order valence-electron chi connectivity index (χ1n) is 10.9. The van der Waals surface area contributed by atoms with Gasteiger partial charge in [0.1, 0.15) is 16.7 Å². The average molecular weight is 459 g/mol. The van der Waals surface area contributed by atoms with Crippen LogP contribution < -0.4 is 19.7 Å². The molecule has 2 aromatic rings. The number of benzene rings is 2. The Kier molecular flexibility index (Phi) is 6.30. The van der Waals surface area contributed by atoms with Gasteiger partial charge in [-0.1, -0.05) is 32.0 Å². The van der Waals surface area contributed by atoms with Crippen molar-refractivity contribution in [2.45, 2.75) is 31.2 Å². The van der Waals surface area contributed by atoms with Gasteiger partial charge in [0.2, 0.25) is 5.91 Å². The molecule has 0 saturated carbocycles. The minimum Gasteiger partial charge on any atom is -0.379 e. The number of likely N-dealkylation sites (N-methyl/N-ethyl adjacent to an activating group) is 1. The van der Waals surface area contributed by atoms with Gasteiger partial charge in [-0.15, -0.1) is 0 Å². The van der Waals surface area contributed by atoms with Gasteiger partial charge in [-0.25, -0.2) is 0 Å². The molecule has 2 aromatic carbocycles. The molecule has 4 rings (SSSR count). The quantitative estimate of drug-likeness (QED) is 0.643. The second-order valence-corrected chi connectivity index (χ2v) is 10.3. The second-order valence-electron chi connectivity index (χ2n) is 8.79. The van der Waals surface area contributed by atoms with E-state index in [1.165, 1.54) is 0 Å². The number of carbonyl (C=O) groups excluding carboxylic acids is 1. The van der Waals surface area contributed by atoms with Gasteiger partial charge in [0.25, 0.3) is 0 Å². The van der Waals surface area contributed by atoms with Crippen molar-refractivity contribution in [1.82, 2.24) is 4.90 Å². The Morgan fingerprint density at radius 1 is 1.03 bits per heavy atom. The van der Waals surface area contributed by atoms with Gasteiger partial charge in [0.15, 0.2) is 0 Å². The van der Waals surface area contributed by atoms with Gasteiger partial charge in [-0.2, -0.15) is 8.42 Å². The maximum atomic E-state index is 13.2. The van der Waals surface area contributed by atoms with Crippen molar-refractivity contribution in [3.8, 4) is 5.75 Å². The first kappa shape index (κ1) is 22.4. The molecule has 2 aliphatic rings. The Labute approximate surface area is 189 Å². The number of rotatable bonds is 6. The van der Waals surface area contributed by atoms with Crippen molar-refractivity contribution in [3.05, 3.63) is 42.5 Å². The molecule has 0 bridgehead atoms. The maximum absolute atomic E-state index is 13.2. The van der Waals surface area contributed by atoms with Crippen LogP contribution in [0.2, 0.25) is 0 Å². The highest BCUT2D eigenvalue weighted by Gasteiger charge is 2.35. The predicted octanol–water partition coefficient (Wildman–Crippen LogP) is 2.98. The zero-order chi connectivity index (χ0) is 22.9. The normalized spacial score (nSPS) is 19.3. The van der Waals surface area contributed by atoms with Gasteiger partial charge >= 0.3 is 10.1 Å². The Hall–Kier alpha value is -2.78. The fraction of sp³-hybridized carbons (Fsp3) is 0.435. The Bertz CT molecular complexity index is 1080. The summed E-state index contributed by atoms with van der Waals surface area (Å²) in [6.45, 7) is 7.43. The van der Waals surface area contributed by atoms with Gasteiger partial charge in [-0.3, -0.25) is 4.79 Å². The van der Waals surface area contributed by atoms with Gasteiger partial charge in [0, 0.05) is 26.2 Å². The molecule has 1 fully saturated rings. The van der Waals surface area contributed by atoms with E-state index in [9.17, 15) is 13.2 Å². The van der Waals surface area contributed by atoms with E-state index >= 15 is 0 Å². The van der Waals surface area contributed by atoms with Crippen molar-refractivity contribution < 1.29 is 17.4 Å². The van der Waals surface area contributed by atoms with E-state index in [-0.39, 0.29) is 22.5 Å². The van der Waals surface area contributed by atoms with Gasteiger partial charge in [-0.05, 0) is 43.7 Å². The van der Waals surface area contributed by atoms with E-state index in [0.29, 0.717) is 17.8 Å². The highest BCUT2D eigenvalue weighted by atomic mass is 32.2. The zero-order valence-corrected chi connectivity index (χ0v) is 19.5. The van der Waals surface area contributed by atoms with Crippen molar-refractivity contribution >= 4 is 33.1 Å². The number of anilines is 3. The number of amides is 1. The van der Waals surface area contributed by atoms with E-state index in [0.717, 1.165) is 31.9 Å². The highest BCUT2D eigenvalue weighted by Crippen LogP contribution is 2.42. The lowest BCUT2D eigenvalue weighted by molar-refractivity contribution is -0.117. The van der Waals surface area contributed by atoms with Gasteiger partial charge < -0.3 is 24.6 Å². The van der Waals surface area contributed by atoms with Crippen molar-refractivity contribution in [2.75, 3.05) is 48.8 Å². The molecule has 0 aromatic heterocycles. The Morgan fingerprint density at radius 2 is 1.72 bits per heavy atom. The highest BCUT2D eigenvalue weighted by molar-refractivity contribution is 7.87. The molecule has 2 N–H and O–H groups in total. The summed E-state index contributed by atoms with van der Waals surface area (Å²) < 4.78 is 31.8. The van der Waals surface area contributed by atoms with Gasteiger partial charge in [0.05, 0.1) is 17.1 Å². The number of piperazine rings is 1. The molecule has 1 unspecified atom stereocenters. The molecule has 0 aliphatic carbocycles. The van der Waals surface area contributed by atoms with Crippen molar-refractivity contribution in [2.24, 2.45) is 5.92 Å². The number of carbonyl (C=O) groups is 1. The molecule has 1 amide bonds. The van der Waals surface area contributed by atoms with Crippen LogP contribution in [0.4, 0.5) is 17.1 Å². The average Bonchev–Trinajstić information content (AvgIpc) is 2.74. The molecule has 1 atom stereocenters. The summed E-state index contributed by atoms with van der Waals surface area (Å²) in [4.78, 5) is 17.3. The lowest BCUT2D eigenvalue weighted by Crippen LogP contribution is -2.46. The molecule has 8 nitrogen and oxygen atoms in total. The summed E-state index contributed by atoms with van der Waals surface area (Å²) in [6, 6.07) is 11.2. The van der Waals surface area contributed by atoms with E-state index in [1.54, 1.807) is 42.5 Å².